The van der Waals surface area contributed by atoms with Crippen LogP contribution in [0.15, 0.2) is 59.5 Å². The van der Waals surface area contributed by atoms with Crippen molar-refractivity contribution >= 4 is 33.3 Å². The molecule has 3 aromatic heterocycles. The lowest BCUT2D eigenvalue weighted by Crippen LogP contribution is -1.99. The summed E-state index contributed by atoms with van der Waals surface area (Å²) < 4.78 is 2.96. The van der Waals surface area contributed by atoms with E-state index in [1.54, 1.807) is 12.4 Å². The smallest absolute Gasteiger partial charge is 0.234 e. The molecular weight excluding hydrogens is 368 g/mol. The zero-order valence-electron chi connectivity index (χ0n) is 12.8. The van der Waals surface area contributed by atoms with Gasteiger partial charge in [0.1, 0.15) is 0 Å². The Morgan fingerprint density at radius 2 is 1.83 bits per heavy atom. The predicted molar refractivity (Wildman–Crippen MR) is 96.2 cm³/mol. The molecule has 0 saturated carbocycles. The summed E-state index contributed by atoms with van der Waals surface area (Å²) >= 11 is 3.42. The molecule has 118 valence electrons. The normalized spacial score (nSPS) is 10.9. The Labute approximate surface area is 146 Å². The molecule has 3 heterocycles. The minimum atomic E-state index is 0.535. The van der Waals surface area contributed by atoms with Crippen LogP contribution in [0.25, 0.3) is 17.2 Å². The second-order valence-corrected chi connectivity index (χ2v) is 6.15. The lowest BCUT2D eigenvalue weighted by molar-refractivity contribution is 1.09. The van der Waals surface area contributed by atoms with E-state index in [9.17, 15) is 0 Å². The Morgan fingerprint density at radius 1 is 1.00 bits per heavy atom. The van der Waals surface area contributed by atoms with E-state index in [1.807, 2.05) is 53.9 Å². The first-order chi connectivity index (χ1) is 11.7. The molecule has 1 N–H and O–H groups in total. The molecule has 4 rings (SSSR count). The molecule has 0 atom stereocenters. The van der Waals surface area contributed by atoms with Gasteiger partial charge in [0.25, 0.3) is 0 Å². The van der Waals surface area contributed by atoms with Crippen LogP contribution in [0.3, 0.4) is 0 Å². The highest BCUT2D eigenvalue weighted by molar-refractivity contribution is 9.10. The molecule has 0 radical (unpaired) electrons. The number of anilines is 2. The monoisotopic (exact) mass is 380 g/mol. The topological polar surface area (TPSA) is 68.0 Å². The van der Waals surface area contributed by atoms with Gasteiger partial charge in [0.05, 0.1) is 17.1 Å². The van der Waals surface area contributed by atoms with Gasteiger partial charge in [0.15, 0.2) is 0 Å². The maximum atomic E-state index is 4.62. The Balaban J connectivity index is 1.74. The lowest BCUT2D eigenvalue weighted by atomic mass is 10.2. The van der Waals surface area contributed by atoms with Crippen LogP contribution >= 0.6 is 15.9 Å². The largest absolute Gasteiger partial charge is 0.324 e. The van der Waals surface area contributed by atoms with Gasteiger partial charge < -0.3 is 5.32 Å². The number of nitrogens with one attached hydrogen (secondary N) is 1. The molecule has 24 heavy (non-hydrogen) atoms. The summed E-state index contributed by atoms with van der Waals surface area (Å²) in [5.74, 6) is 1.19. The molecule has 0 unspecified atom stereocenters. The van der Waals surface area contributed by atoms with E-state index in [0.717, 1.165) is 27.2 Å². The molecule has 0 aliphatic rings. The third kappa shape index (κ3) is 2.74. The minimum Gasteiger partial charge on any atom is -0.324 e. The molecule has 6 nitrogen and oxygen atoms in total. The zero-order chi connectivity index (χ0) is 16.5. The molecule has 0 bridgehead atoms. The first-order valence-electron chi connectivity index (χ1n) is 7.36. The van der Waals surface area contributed by atoms with Crippen LogP contribution in [0.2, 0.25) is 0 Å². The van der Waals surface area contributed by atoms with Crippen molar-refractivity contribution in [3.05, 3.63) is 65.2 Å². The highest BCUT2D eigenvalue weighted by Gasteiger charge is 2.13. The van der Waals surface area contributed by atoms with Gasteiger partial charge >= 0.3 is 0 Å². The molecule has 0 spiro atoms. The maximum absolute atomic E-state index is 4.62. The summed E-state index contributed by atoms with van der Waals surface area (Å²) in [4.78, 5) is 17.7. The van der Waals surface area contributed by atoms with Crippen LogP contribution in [0.4, 0.5) is 11.6 Å². The Bertz CT molecular complexity index is 1010. The summed E-state index contributed by atoms with van der Waals surface area (Å²) in [5.41, 5.74) is 3.51. The molecule has 4 aromatic rings. The van der Waals surface area contributed by atoms with Gasteiger partial charge in [0, 0.05) is 28.8 Å². The Kier molecular flexibility index (Phi) is 3.70. The number of benzene rings is 1. The van der Waals surface area contributed by atoms with Crippen LogP contribution in [0.5, 0.6) is 0 Å². The molecule has 1 aromatic carbocycles. The van der Waals surface area contributed by atoms with E-state index in [4.69, 9.17) is 0 Å². The van der Waals surface area contributed by atoms with Crippen molar-refractivity contribution in [2.45, 2.75) is 6.92 Å². The van der Waals surface area contributed by atoms with E-state index in [1.165, 1.54) is 0 Å². The van der Waals surface area contributed by atoms with Crippen molar-refractivity contribution in [1.29, 1.82) is 0 Å². The lowest BCUT2D eigenvalue weighted by Gasteiger charge is -2.07. The van der Waals surface area contributed by atoms with Crippen molar-refractivity contribution < 1.29 is 0 Å². The fraction of sp³-hybridized carbons (Fsp3) is 0.0588. The van der Waals surface area contributed by atoms with Gasteiger partial charge in [-0.25, -0.2) is 19.9 Å². The highest BCUT2D eigenvalue weighted by atomic mass is 79.9. The van der Waals surface area contributed by atoms with Crippen LogP contribution in [0, 0.1) is 6.92 Å². The third-order valence-corrected chi connectivity index (χ3v) is 4.11. The Morgan fingerprint density at radius 3 is 2.67 bits per heavy atom. The Hall–Kier alpha value is -2.80. The van der Waals surface area contributed by atoms with Crippen LogP contribution in [-0.4, -0.2) is 24.3 Å². The van der Waals surface area contributed by atoms with Crippen molar-refractivity contribution in [2.24, 2.45) is 0 Å². The maximum Gasteiger partial charge on any atom is 0.234 e. The van der Waals surface area contributed by atoms with E-state index >= 15 is 0 Å². The minimum absolute atomic E-state index is 0.535. The van der Waals surface area contributed by atoms with Gasteiger partial charge in [-0.2, -0.15) is 0 Å². The van der Waals surface area contributed by atoms with E-state index < -0.39 is 0 Å². The number of hydrogen-bond acceptors (Lipinski definition) is 5. The molecule has 7 heteroatoms. The van der Waals surface area contributed by atoms with Gasteiger partial charge in [-0.1, -0.05) is 15.9 Å². The fourth-order valence-electron chi connectivity index (χ4n) is 2.52. The second kappa shape index (κ2) is 6.01. The number of hydrogen-bond donors (Lipinski definition) is 1. The average molecular weight is 381 g/mol. The van der Waals surface area contributed by atoms with Crippen LogP contribution < -0.4 is 5.32 Å². The third-order valence-electron chi connectivity index (χ3n) is 3.58. The summed E-state index contributed by atoms with van der Waals surface area (Å²) in [5, 5.41) is 3.21. The number of halogens is 1. The molecule has 0 aliphatic carbocycles. The van der Waals surface area contributed by atoms with Gasteiger partial charge in [-0.05, 0) is 43.3 Å². The van der Waals surface area contributed by atoms with Gasteiger partial charge in [-0.15, -0.1) is 0 Å². The highest BCUT2D eigenvalue weighted by Crippen LogP contribution is 2.24. The second-order valence-electron chi connectivity index (χ2n) is 5.23. The van der Waals surface area contributed by atoms with E-state index in [0.29, 0.717) is 11.7 Å². The first-order valence-corrected chi connectivity index (χ1v) is 8.16. The summed E-state index contributed by atoms with van der Waals surface area (Å²) in [6.07, 6.45) is 5.40. The number of rotatable bonds is 3. The van der Waals surface area contributed by atoms with E-state index in [2.05, 4.69) is 41.2 Å². The number of nitrogens with zero attached hydrogens (tertiary/aromatic N) is 5. The number of fused-ring (bicyclic) bond motifs is 1. The van der Waals surface area contributed by atoms with Gasteiger partial charge in [-0.3, -0.25) is 4.40 Å². The fourth-order valence-corrected chi connectivity index (χ4v) is 2.78. The van der Waals surface area contributed by atoms with Crippen LogP contribution in [0.1, 0.15) is 5.69 Å². The summed E-state index contributed by atoms with van der Waals surface area (Å²) in [6.45, 7) is 1.95. The number of aryl methyl sites for hydroxylation is 1. The summed E-state index contributed by atoms with van der Waals surface area (Å²) in [6, 6.07) is 11.6. The first kappa shape index (κ1) is 14.8. The molecule has 0 fully saturated rings. The van der Waals surface area contributed by atoms with Crippen molar-refractivity contribution in [3.63, 3.8) is 0 Å². The predicted octanol–water partition coefficient (Wildman–Crippen LogP) is 4.00. The SMILES string of the molecule is Cc1nc2ncccn2c1-c1ccnc(Nc2ccc(Br)cc2)n1. The number of aromatic nitrogens is 5. The van der Waals surface area contributed by atoms with E-state index in [-0.39, 0.29) is 0 Å². The molecule has 0 amide bonds. The average Bonchev–Trinajstić information content (AvgIpc) is 2.93. The van der Waals surface area contributed by atoms with Crippen molar-refractivity contribution in [1.82, 2.24) is 24.3 Å². The number of imidazole rings is 1. The molecule has 0 saturated heterocycles. The molecule has 0 aliphatic heterocycles. The van der Waals surface area contributed by atoms with Crippen molar-refractivity contribution in [2.75, 3.05) is 5.32 Å². The summed E-state index contributed by atoms with van der Waals surface area (Å²) in [7, 11) is 0. The standard InChI is InChI=1S/C17H13BrN6/c1-11-15(24-10-2-8-20-17(24)21-11)14-7-9-19-16(23-14)22-13-5-3-12(18)4-6-13/h2-10H,1H3,(H,19,22,23). The van der Waals surface area contributed by atoms with Crippen LogP contribution in [-0.2, 0) is 0 Å². The quantitative estimate of drug-likeness (QED) is 0.581. The molecular formula is C17H13BrN6. The van der Waals surface area contributed by atoms with Crippen molar-refractivity contribution in [3.8, 4) is 11.4 Å². The van der Waals surface area contributed by atoms with Gasteiger partial charge in [0.2, 0.25) is 11.7 Å². The zero-order valence-corrected chi connectivity index (χ0v) is 14.4.